The highest BCUT2D eigenvalue weighted by atomic mass is 32.2. The van der Waals surface area contributed by atoms with Crippen molar-refractivity contribution < 1.29 is 17.6 Å². The van der Waals surface area contributed by atoms with E-state index in [0.717, 1.165) is 5.69 Å². The molecule has 0 saturated carbocycles. The smallest absolute Gasteiger partial charge is 0.263 e. The molecule has 0 aliphatic carbocycles. The van der Waals surface area contributed by atoms with Crippen molar-refractivity contribution >= 4 is 33.1 Å². The molecule has 1 aliphatic heterocycles. The van der Waals surface area contributed by atoms with Gasteiger partial charge in [-0.1, -0.05) is 0 Å². The summed E-state index contributed by atoms with van der Waals surface area (Å²) in [5.41, 5.74) is 1.57. The van der Waals surface area contributed by atoms with E-state index < -0.39 is 16.1 Å². The van der Waals surface area contributed by atoms with Crippen LogP contribution >= 0.6 is 0 Å². The van der Waals surface area contributed by atoms with Gasteiger partial charge >= 0.3 is 0 Å². The highest BCUT2D eigenvalue weighted by molar-refractivity contribution is 7.92. The first-order valence-electron chi connectivity index (χ1n) is 10.8. The van der Waals surface area contributed by atoms with Crippen LogP contribution < -0.4 is 14.9 Å². The summed E-state index contributed by atoms with van der Waals surface area (Å²) in [5, 5.41) is 3.10. The molecule has 0 bridgehead atoms. The average molecular weight is 485 g/mol. The van der Waals surface area contributed by atoms with Crippen LogP contribution in [0.25, 0.3) is 0 Å². The molecule has 3 aromatic rings. The van der Waals surface area contributed by atoms with Crippen molar-refractivity contribution in [2.24, 2.45) is 0 Å². The highest BCUT2D eigenvalue weighted by Gasteiger charge is 2.25. The number of hydrogen-bond donors (Lipinski definition) is 2. The number of amides is 1. The molecule has 1 unspecified atom stereocenters. The van der Waals surface area contributed by atoms with Crippen molar-refractivity contribution in [2.75, 3.05) is 41.1 Å². The number of nitrogens with zero attached hydrogens (tertiary/aromatic N) is 4. The number of rotatable bonds is 7. The van der Waals surface area contributed by atoms with E-state index >= 15 is 0 Å². The van der Waals surface area contributed by atoms with Crippen molar-refractivity contribution in [1.29, 1.82) is 0 Å². The van der Waals surface area contributed by atoms with Gasteiger partial charge in [0.25, 0.3) is 10.0 Å². The Kier molecular flexibility index (Phi) is 6.92. The lowest BCUT2D eigenvalue weighted by molar-refractivity contribution is -0.131. The molecule has 1 aromatic heterocycles. The van der Waals surface area contributed by atoms with Crippen LogP contribution in [0.1, 0.15) is 6.92 Å². The molecule has 0 radical (unpaired) electrons. The number of benzene rings is 2. The number of carbonyl (C=O) groups excluding carboxylic acids is 1. The van der Waals surface area contributed by atoms with Crippen molar-refractivity contribution in [3.8, 4) is 0 Å². The Bertz CT molecular complexity index is 1220. The van der Waals surface area contributed by atoms with E-state index in [1.54, 1.807) is 48.2 Å². The molecule has 2 N–H and O–H groups in total. The van der Waals surface area contributed by atoms with Gasteiger partial charge < -0.3 is 15.1 Å². The van der Waals surface area contributed by atoms with Crippen molar-refractivity contribution in [3.63, 3.8) is 0 Å². The Hall–Kier alpha value is -3.73. The Balaban J connectivity index is 1.32. The number of nitrogens with one attached hydrogen (secondary N) is 2. The van der Waals surface area contributed by atoms with E-state index in [1.807, 2.05) is 0 Å². The number of sulfonamides is 1. The summed E-state index contributed by atoms with van der Waals surface area (Å²) in [5.74, 6) is -0.155. The second-order valence-corrected chi connectivity index (χ2v) is 9.56. The second-order valence-electron chi connectivity index (χ2n) is 7.88. The van der Waals surface area contributed by atoms with E-state index in [0.29, 0.717) is 31.9 Å². The lowest BCUT2D eigenvalue weighted by Gasteiger charge is -2.37. The topological polar surface area (TPSA) is 108 Å². The zero-order valence-corrected chi connectivity index (χ0v) is 19.4. The third-order valence-electron chi connectivity index (χ3n) is 5.52. The molecule has 1 amide bonds. The molecule has 11 heteroatoms. The highest BCUT2D eigenvalue weighted by Crippen LogP contribution is 2.21. The normalized spacial score (nSPS) is 15.0. The number of halogens is 1. The van der Waals surface area contributed by atoms with E-state index in [9.17, 15) is 17.6 Å². The maximum absolute atomic E-state index is 13.1. The fourth-order valence-electron chi connectivity index (χ4n) is 3.70. The molecule has 2 heterocycles. The molecule has 1 fully saturated rings. The molecule has 9 nitrogen and oxygen atoms in total. The molecular weight excluding hydrogens is 459 g/mol. The number of carbonyl (C=O) groups is 1. The summed E-state index contributed by atoms with van der Waals surface area (Å²) >= 11 is 0. The molecule has 34 heavy (non-hydrogen) atoms. The van der Waals surface area contributed by atoms with Gasteiger partial charge in [-0.2, -0.15) is 0 Å². The van der Waals surface area contributed by atoms with Crippen molar-refractivity contribution in [1.82, 2.24) is 14.9 Å². The van der Waals surface area contributed by atoms with Crippen LogP contribution in [0.15, 0.2) is 72.0 Å². The summed E-state index contributed by atoms with van der Waals surface area (Å²) in [6.45, 7) is 4.13. The van der Waals surface area contributed by atoms with Gasteiger partial charge in [0.15, 0.2) is 0 Å². The van der Waals surface area contributed by atoms with Gasteiger partial charge in [0.1, 0.15) is 24.0 Å². The van der Waals surface area contributed by atoms with Gasteiger partial charge in [-0.15, -0.1) is 0 Å². The van der Waals surface area contributed by atoms with E-state index in [2.05, 4.69) is 24.9 Å². The molecule has 0 spiro atoms. The first-order valence-corrected chi connectivity index (χ1v) is 12.2. The molecule has 1 saturated heterocycles. The average Bonchev–Trinajstić information content (AvgIpc) is 2.85. The minimum Gasteiger partial charge on any atom is -0.374 e. The minimum absolute atomic E-state index is 0.0267. The van der Waals surface area contributed by atoms with Crippen LogP contribution in [-0.2, 0) is 14.8 Å². The SMILES string of the molecule is CC(Nc1ccc(F)cc1)C(=O)N1CCN(c2ccc(S(=O)(=O)Nc3ccncn3)cc2)CC1. The van der Waals surface area contributed by atoms with Crippen LogP contribution in [0.4, 0.5) is 21.6 Å². The molecule has 178 valence electrons. The van der Waals surface area contributed by atoms with Crippen molar-refractivity contribution in [2.45, 2.75) is 17.9 Å². The van der Waals surface area contributed by atoms with Crippen molar-refractivity contribution in [3.05, 3.63) is 72.9 Å². The zero-order valence-electron chi connectivity index (χ0n) is 18.6. The summed E-state index contributed by atoms with van der Waals surface area (Å²) in [7, 11) is -3.76. The summed E-state index contributed by atoms with van der Waals surface area (Å²) in [4.78, 5) is 24.5. The second kappa shape index (κ2) is 10.0. The molecule has 4 rings (SSSR count). The van der Waals surface area contributed by atoms with Gasteiger partial charge in [-0.3, -0.25) is 9.52 Å². The molecule has 1 aliphatic rings. The van der Waals surface area contributed by atoms with E-state index in [4.69, 9.17) is 0 Å². The van der Waals surface area contributed by atoms with E-state index in [-0.39, 0.29) is 22.4 Å². The quantitative estimate of drug-likeness (QED) is 0.531. The van der Waals surface area contributed by atoms with Gasteiger partial charge in [-0.25, -0.2) is 22.8 Å². The van der Waals surface area contributed by atoms with Crippen LogP contribution in [0, 0.1) is 5.82 Å². The summed E-state index contributed by atoms with van der Waals surface area (Å²) in [6, 6.07) is 13.5. The Morgan fingerprint density at radius 3 is 2.29 bits per heavy atom. The largest absolute Gasteiger partial charge is 0.374 e. The number of aromatic nitrogens is 2. The first kappa shape index (κ1) is 23.4. The molecular formula is C23H25FN6O3S. The fraction of sp³-hybridized carbons (Fsp3) is 0.261. The van der Waals surface area contributed by atoms with Gasteiger partial charge in [-0.05, 0) is 61.5 Å². The van der Waals surface area contributed by atoms with Crippen LogP contribution in [0.2, 0.25) is 0 Å². The fourth-order valence-corrected chi connectivity index (χ4v) is 4.71. The van der Waals surface area contributed by atoms with Gasteiger partial charge in [0, 0.05) is 43.8 Å². The van der Waals surface area contributed by atoms with Crippen LogP contribution in [-0.4, -0.2) is 61.4 Å². The van der Waals surface area contributed by atoms with Gasteiger partial charge in [0.05, 0.1) is 4.90 Å². The van der Waals surface area contributed by atoms with Crippen LogP contribution in [0.5, 0.6) is 0 Å². The summed E-state index contributed by atoms with van der Waals surface area (Å²) in [6.07, 6.45) is 2.73. The third kappa shape index (κ3) is 5.60. The standard InChI is InChI=1S/C23H25FN6O3S/c1-17(27-19-4-2-18(24)3-5-19)23(31)30-14-12-29(13-15-30)20-6-8-21(9-7-20)34(32,33)28-22-10-11-25-16-26-22/h2-11,16-17,27H,12-15H2,1H3,(H,25,26,28). The third-order valence-corrected chi connectivity index (χ3v) is 6.89. The minimum atomic E-state index is -3.76. The Morgan fingerprint density at radius 1 is 1.00 bits per heavy atom. The molecule has 1 atom stereocenters. The molecule has 2 aromatic carbocycles. The summed E-state index contributed by atoms with van der Waals surface area (Å²) < 4.78 is 40.6. The first-order chi connectivity index (χ1) is 16.3. The Morgan fingerprint density at radius 2 is 1.68 bits per heavy atom. The lowest BCUT2D eigenvalue weighted by atomic mass is 10.2. The predicted octanol–water partition coefficient (Wildman–Crippen LogP) is 2.57. The monoisotopic (exact) mass is 484 g/mol. The lowest BCUT2D eigenvalue weighted by Crippen LogP contribution is -2.52. The maximum Gasteiger partial charge on any atom is 0.263 e. The number of hydrogen-bond acceptors (Lipinski definition) is 7. The number of anilines is 3. The zero-order chi connectivity index (χ0) is 24.1. The van der Waals surface area contributed by atoms with E-state index in [1.165, 1.54) is 30.7 Å². The van der Waals surface area contributed by atoms with Crippen LogP contribution in [0.3, 0.4) is 0 Å². The predicted molar refractivity (Wildman–Crippen MR) is 128 cm³/mol. The van der Waals surface area contributed by atoms with Gasteiger partial charge in [0.2, 0.25) is 5.91 Å². The number of piperazine rings is 1. The maximum atomic E-state index is 13.1. The Labute approximate surface area is 197 Å².